The molecule has 0 heterocycles. The van der Waals surface area contributed by atoms with Crippen LogP contribution in [0.5, 0.6) is 0 Å². The minimum absolute atomic E-state index is 0.0443. The lowest BCUT2D eigenvalue weighted by molar-refractivity contribution is -0.155. The van der Waals surface area contributed by atoms with Gasteiger partial charge in [0.05, 0.1) is 12.0 Å². The zero-order valence-corrected chi connectivity index (χ0v) is 14.4. The van der Waals surface area contributed by atoms with Gasteiger partial charge in [0.25, 0.3) is 0 Å². The minimum Gasteiger partial charge on any atom is -0.481 e. The molecule has 3 saturated carbocycles. The van der Waals surface area contributed by atoms with Crippen LogP contribution in [0.3, 0.4) is 0 Å². The maximum Gasteiger partial charge on any atom is 0.307 e. The van der Waals surface area contributed by atoms with E-state index in [0.29, 0.717) is 18.3 Å². The second-order valence-electron chi connectivity index (χ2n) is 8.77. The van der Waals surface area contributed by atoms with Crippen LogP contribution in [-0.2, 0) is 9.59 Å². The van der Waals surface area contributed by atoms with Gasteiger partial charge < -0.3 is 10.2 Å². The van der Waals surface area contributed by atoms with Crippen molar-refractivity contribution in [3.63, 3.8) is 0 Å². The van der Waals surface area contributed by atoms with Gasteiger partial charge >= 0.3 is 5.97 Å². The summed E-state index contributed by atoms with van der Waals surface area (Å²) in [5.41, 5.74) is 0.573. The fraction of sp³-hybridized carbons (Fsp3) is 0.700. The number of hydrogen-bond acceptors (Lipinski definition) is 3. The minimum atomic E-state index is -0.712. The number of hydrogen-bond donors (Lipinski definition) is 2. The summed E-state index contributed by atoms with van der Waals surface area (Å²) in [6.07, 6.45) is 8.94. The Balaban J connectivity index is 1.74. The molecule has 4 rings (SSSR count). The Morgan fingerprint density at radius 1 is 1.25 bits per heavy atom. The molecule has 0 aromatic carbocycles. The summed E-state index contributed by atoms with van der Waals surface area (Å²) in [7, 11) is 0. The number of carboxylic acid groups (broad SMARTS) is 1. The molecule has 4 aliphatic carbocycles. The van der Waals surface area contributed by atoms with Crippen molar-refractivity contribution in [3.8, 4) is 0 Å². The van der Waals surface area contributed by atoms with E-state index in [-0.39, 0.29) is 28.4 Å². The topological polar surface area (TPSA) is 74.6 Å². The molecule has 4 heteroatoms. The average Bonchev–Trinajstić information content (AvgIpc) is 2.84. The van der Waals surface area contributed by atoms with Gasteiger partial charge in [-0.05, 0) is 61.5 Å². The molecule has 0 amide bonds. The first-order chi connectivity index (χ1) is 11.3. The number of ketones is 1. The Bertz CT molecular complexity index is 663. The molecule has 2 N–H and O–H groups in total. The molecule has 24 heavy (non-hydrogen) atoms. The van der Waals surface area contributed by atoms with E-state index in [9.17, 15) is 19.8 Å². The number of carboxylic acids is 1. The summed E-state index contributed by atoms with van der Waals surface area (Å²) in [5, 5.41) is 20.7. The normalized spacial score (nSPS) is 49.9. The fourth-order valence-corrected chi connectivity index (χ4v) is 6.73. The smallest absolute Gasteiger partial charge is 0.307 e. The number of carbonyl (C=O) groups excluding carboxylic acids is 1. The number of rotatable bonds is 1. The van der Waals surface area contributed by atoms with Crippen LogP contribution in [0.25, 0.3) is 0 Å². The molecule has 0 radical (unpaired) electrons. The van der Waals surface area contributed by atoms with Gasteiger partial charge in [-0.15, -0.1) is 0 Å². The van der Waals surface area contributed by atoms with E-state index in [1.54, 1.807) is 12.2 Å². The molecule has 130 valence electrons. The first-order valence-electron chi connectivity index (χ1n) is 9.12. The van der Waals surface area contributed by atoms with Crippen LogP contribution < -0.4 is 0 Å². The van der Waals surface area contributed by atoms with Crippen molar-refractivity contribution < 1.29 is 19.8 Å². The fourth-order valence-electron chi connectivity index (χ4n) is 6.73. The summed E-state index contributed by atoms with van der Waals surface area (Å²) in [4.78, 5) is 23.5. The van der Waals surface area contributed by atoms with Gasteiger partial charge in [0, 0.05) is 11.3 Å². The van der Waals surface area contributed by atoms with E-state index in [1.165, 1.54) is 0 Å². The van der Waals surface area contributed by atoms with Gasteiger partial charge in [0.1, 0.15) is 0 Å². The molecular weight excluding hydrogens is 304 g/mol. The van der Waals surface area contributed by atoms with E-state index >= 15 is 0 Å². The second-order valence-corrected chi connectivity index (χ2v) is 8.77. The van der Waals surface area contributed by atoms with E-state index in [4.69, 9.17) is 0 Å². The second kappa shape index (κ2) is 5.04. The van der Waals surface area contributed by atoms with Crippen LogP contribution in [0.1, 0.15) is 46.0 Å². The van der Waals surface area contributed by atoms with Crippen molar-refractivity contribution in [2.45, 2.75) is 52.1 Å². The Morgan fingerprint density at radius 2 is 2.00 bits per heavy atom. The average molecular weight is 330 g/mol. The summed E-state index contributed by atoms with van der Waals surface area (Å²) >= 11 is 0. The number of fused-ring (bicyclic) bond motifs is 5. The highest BCUT2D eigenvalue weighted by atomic mass is 16.4. The molecule has 0 aromatic rings. The Hall–Kier alpha value is -1.42. The van der Waals surface area contributed by atoms with Crippen LogP contribution in [0.4, 0.5) is 0 Å². The molecule has 0 bridgehead atoms. The van der Waals surface area contributed by atoms with Gasteiger partial charge in [0.15, 0.2) is 5.78 Å². The van der Waals surface area contributed by atoms with Crippen LogP contribution in [0, 0.1) is 34.5 Å². The highest BCUT2D eigenvalue weighted by Gasteiger charge is 2.62. The van der Waals surface area contributed by atoms with Crippen molar-refractivity contribution in [1.82, 2.24) is 0 Å². The van der Waals surface area contributed by atoms with Gasteiger partial charge in [-0.1, -0.05) is 25.5 Å². The van der Waals surface area contributed by atoms with Crippen molar-refractivity contribution in [3.05, 3.63) is 23.8 Å². The quantitative estimate of drug-likeness (QED) is 0.775. The Labute approximate surface area is 142 Å². The molecule has 7 atom stereocenters. The lowest BCUT2D eigenvalue weighted by Gasteiger charge is -2.58. The molecule has 0 aliphatic heterocycles. The summed E-state index contributed by atoms with van der Waals surface area (Å²) in [6, 6.07) is 0. The van der Waals surface area contributed by atoms with Gasteiger partial charge in [-0.25, -0.2) is 0 Å². The first-order valence-corrected chi connectivity index (χ1v) is 9.12. The number of aliphatic hydroxyl groups is 1. The molecule has 4 aliphatic rings. The Morgan fingerprint density at radius 3 is 2.71 bits per heavy atom. The largest absolute Gasteiger partial charge is 0.481 e. The van der Waals surface area contributed by atoms with Gasteiger partial charge in [-0.3, -0.25) is 9.59 Å². The Kier molecular flexibility index (Phi) is 3.38. The molecule has 0 spiro atoms. The molecule has 0 unspecified atom stereocenters. The SMILES string of the molecule is C[C@]12C[C@H](O)[C@H]3[C@@H](CCC4=CC(=O)C=C[C@@]43C)[C@@H]1CC[C@@H]2C(=O)O. The predicted octanol–water partition coefficient (Wildman–Crippen LogP) is 2.97. The zero-order chi connectivity index (χ0) is 17.3. The first kappa shape index (κ1) is 16.1. The number of aliphatic carboxylic acids is 1. The maximum absolute atomic E-state index is 11.8. The molecule has 0 aromatic heterocycles. The van der Waals surface area contributed by atoms with Crippen molar-refractivity contribution in [2.75, 3.05) is 0 Å². The number of aliphatic hydroxyl groups excluding tert-OH is 1. The maximum atomic E-state index is 11.8. The van der Waals surface area contributed by atoms with Crippen LogP contribution in [0.2, 0.25) is 0 Å². The van der Waals surface area contributed by atoms with E-state index in [1.807, 2.05) is 6.08 Å². The highest BCUT2D eigenvalue weighted by molar-refractivity contribution is 6.01. The molecule has 4 nitrogen and oxygen atoms in total. The zero-order valence-electron chi connectivity index (χ0n) is 14.4. The molecule has 3 fully saturated rings. The number of carbonyl (C=O) groups is 2. The van der Waals surface area contributed by atoms with E-state index in [0.717, 1.165) is 31.3 Å². The van der Waals surface area contributed by atoms with E-state index < -0.39 is 12.1 Å². The molecular formula is C20H26O4. The third-order valence-electron chi connectivity index (χ3n) is 7.79. The lowest BCUT2D eigenvalue weighted by Crippen LogP contribution is -2.56. The predicted molar refractivity (Wildman–Crippen MR) is 89.1 cm³/mol. The third kappa shape index (κ3) is 1.95. The van der Waals surface area contributed by atoms with Crippen molar-refractivity contribution in [2.24, 2.45) is 34.5 Å². The molecule has 0 saturated heterocycles. The lowest BCUT2D eigenvalue weighted by atomic mass is 9.47. The van der Waals surface area contributed by atoms with Gasteiger partial charge in [-0.2, -0.15) is 0 Å². The van der Waals surface area contributed by atoms with Gasteiger partial charge in [0.2, 0.25) is 0 Å². The third-order valence-corrected chi connectivity index (χ3v) is 7.79. The summed E-state index contributed by atoms with van der Waals surface area (Å²) in [5.74, 6) is -0.224. The highest BCUT2D eigenvalue weighted by Crippen LogP contribution is 2.65. The van der Waals surface area contributed by atoms with E-state index in [2.05, 4.69) is 13.8 Å². The monoisotopic (exact) mass is 330 g/mol. The van der Waals surface area contributed by atoms with Crippen LogP contribution in [0.15, 0.2) is 23.8 Å². The standard InChI is InChI=1S/C20H26O4/c1-19-8-7-12(21)9-11(19)3-4-13-14-5-6-15(18(23)24)20(14,2)10-16(22)17(13)19/h7-9,13-17,22H,3-6,10H2,1-2H3,(H,23,24)/t13-,14-,15+,16-,17+,19-,20-/m0/s1. The van der Waals surface area contributed by atoms with Crippen LogP contribution in [-0.4, -0.2) is 28.1 Å². The number of allylic oxidation sites excluding steroid dienone is 4. The van der Waals surface area contributed by atoms with Crippen LogP contribution >= 0.6 is 0 Å². The van der Waals surface area contributed by atoms with Crippen molar-refractivity contribution in [1.29, 1.82) is 0 Å². The van der Waals surface area contributed by atoms with Crippen molar-refractivity contribution >= 4 is 11.8 Å². The summed E-state index contributed by atoms with van der Waals surface area (Å²) in [6.45, 7) is 4.23. The summed E-state index contributed by atoms with van der Waals surface area (Å²) < 4.78 is 0.